The summed E-state index contributed by atoms with van der Waals surface area (Å²) in [5.41, 5.74) is 1.67. The van der Waals surface area contributed by atoms with Crippen molar-refractivity contribution in [3.63, 3.8) is 0 Å². The number of aromatic nitrogens is 2. The van der Waals surface area contributed by atoms with E-state index in [1.807, 2.05) is 6.92 Å². The van der Waals surface area contributed by atoms with Crippen LogP contribution in [-0.4, -0.2) is 29.3 Å². The van der Waals surface area contributed by atoms with Crippen molar-refractivity contribution in [3.8, 4) is 0 Å². The highest BCUT2D eigenvalue weighted by Gasteiger charge is 2.26. The molecule has 0 aliphatic heterocycles. The fourth-order valence-corrected chi connectivity index (χ4v) is 2.27. The van der Waals surface area contributed by atoms with Crippen LogP contribution in [0.4, 0.5) is 5.69 Å². The zero-order chi connectivity index (χ0) is 12.3. The van der Waals surface area contributed by atoms with Crippen molar-refractivity contribution >= 4 is 11.6 Å². The van der Waals surface area contributed by atoms with Crippen LogP contribution in [0.25, 0.3) is 0 Å². The van der Waals surface area contributed by atoms with Gasteiger partial charge < -0.3 is 10.1 Å². The minimum atomic E-state index is 0.101. The van der Waals surface area contributed by atoms with Crippen molar-refractivity contribution < 1.29 is 9.53 Å². The molecular weight excluding hydrogens is 218 g/mol. The first-order valence-corrected chi connectivity index (χ1v) is 6.04. The summed E-state index contributed by atoms with van der Waals surface area (Å²) in [4.78, 5) is 12.0. The number of anilines is 1. The maximum absolute atomic E-state index is 12.0. The van der Waals surface area contributed by atoms with Crippen LogP contribution in [0.2, 0.25) is 0 Å². The molecule has 1 heterocycles. The van der Waals surface area contributed by atoms with E-state index in [9.17, 15) is 4.79 Å². The van der Waals surface area contributed by atoms with Gasteiger partial charge in [-0.1, -0.05) is 0 Å². The number of nitrogens with one attached hydrogen (secondary N) is 2. The minimum absolute atomic E-state index is 0.101. The third-order valence-corrected chi connectivity index (χ3v) is 3.47. The second kappa shape index (κ2) is 5.31. The number of hydrogen-bond acceptors (Lipinski definition) is 3. The summed E-state index contributed by atoms with van der Waals surface area (Å²) in [7, 11) is 1.74. The molecule has 2 rings (SSSR count). The molecule has 5 heteroatoms. The van der Waals surface area contributed by atoms with E-state index in [-0.39, 0.29) is 11.8 Å². The molecule has 0 bridgehead atoms. The van der Waals surface area contributed by atoms with Crippen LogP contribution in [0.3, 0.4) is 0 Å². The van der Waals surface area contributed by atoms with Crippen LogP contribution in [0, 0.1) is 12.8 Å². The van der Waals surface area contributed by atoms with E-state index in [0.29, 0.717) is 6.10 Å². The number of rotatable bonds is 3. The molecule has 17 heavy (non-hydrogen) atoms. The van der Waals surface area contributed by atoms with Crippen LogP contribution in [0.15, 0.2) is 6.20 Å². The lowest BCUT2D eigenvalue weighted by Crippen LogP contribution is -2.29. The second-order valence-electron chi connectivity index (χ2n) is 4.61. The Morgan fingerprint density at radius 1 is 1.47 bits per heavy atom. The lowest BCUT2D eigenvalue weighted by atomic mass is 9.87. The van der Waals surface area contributed by atoms with Crippen LogP contribution in [0.1, 0.15) is 31.4 Å². The van der Waals surface area contributed by atoms with Crippen molar-refractivity contribution in [1.29, 1.82) is 0 Å². The van der Waals surface area contributed by atoms with E-state index in [4.69, 9.17) is 4.74 Å². The molecule has 1 aromatic rings. The smallest absolute Gasteiger partial charge is 0.227 e. The van der Waals surface area contributed by atoms with Crippen molar-refractivity contribution in [3.05, 3.63) is 11.9 Å². The molecule has 1 aliphatic rings. The predicted molar refractivity (Wildman–Crippen MR) is 64.7 cm³/mol. The van der Waals surface area contributed by atoms with Crippen LogP contribution >= 0.6 is 0 Å². The molecule has 1 amide bonds. The highest BCUT2D eigenvalue weighted by Crippen LogP contribution is 2.27. The van der Waals surface area contributed by atoms with E-state index in [1.165, 1.54) is 0 Å². The van der Waals surface area contributed by atoms with Gasteiger partial charge in [-0.15, -0.1) is 0 Å². The molecule has 0 radical (unpaired) electrons. The molecule has 0 spiro atoms. The first-order chi connectivity index (χ1) is 8.20. The van der Waals surface area contributed by atoms with E-state index < -0.39 is 0 Å². The summed E-state index contributed by atoms with van der Waals surface area (Å²) < 4.78 is 5.30. The van der Waals surface area contributed by atoms with Gasteiger partial charge in [-0.25, -0.2) is 0 Å². The summed E-state index contributed by atoms with van der Waals surface area (Å²) in [6.45, 7) is 1.89. The normalized spacial score (nSPS) is 24.6. The highest BCUT2D eigenvalue weighted by atomic mass is 16.5. The third kappa shape index (κ3) is 2.85. The van der Waals surface area contributed by atoms with Crippen LogP contribution < -0.4 is 5.32 Å². The number of carbonyl (C=O) groups excluding carboxylic acids is 1. The molecule has 1 fully saturated rings. The third-order valence-electron chi connectivity index (χ3n) is 3.47. The molecule has 1 aliphatic carbocycles. The quantitative estimate of drug-likeness (QED) is 0.843. The Morgan fingerprint density at radius 3 is 2.71 bits per heavy atom. The minimum Gasteiger partial charge on any atom is -0.381 e. The molecule has 2 N–H and O–H groups in total. The Morgan fingerprint density at radius 2 is 2.18 bits per heavy atom. The highest BCUT2D eigenvalue weighted by molar-refractivity contribution is 5.92. The maximum Gasteiger partial charge on any atom is 0.227 e. The number of methoxy groups -OCH3 is 1. The predicted octanol–water partition coefficient (Wildman–Crippen LogP) is 1.86. The largest absolute Gasteiger partial charge is 0.381 e. The zero-order valence-corrected chi connectivity index (χ0v) is 10.3. The van der Waals surface area contributed by atoms with Gasteiger partial charge in [0, 0.05) is 13.0 Å². The van der Waals surface area contributed by atoms with Crippen molar-refractivity contribution in [1.82, 2.24) is 10.2 Å². The van der Waals surface area contributed by atoms with Crippen molar-refractivity contribution in [2.24, 2.45) is 5.92 Å². The number of H-pyrrole nitrogens is 1. The van der Waals surface area contributed by atoms with Gasteiger partial charge in [0.1, 0.15) is 0 Å². The number of aryl methyl sites for hydroxylation is 1. The standard InChI is InChI=1S/C12H19N3O2/c1-8-11(7-13-15-8)14-12(16)9-3-5-10(17-2)6-4-9/h7,9-10H,3-6H2,1-2H3,(H,13,15)(H,14,16). The average molecular weight is 237 g/mol. The first-order valence-electron chi connectivity index (χ1n) is 6.04. The molecule has 0 unspecified atom stereocenters. The van der Waals surface area contributed by atoms with Gasteiger partial charge in [0.2, 0.25) is 5.91 Å². The summed E-state index contributed by atoms with van der Waals surface area (Å²) >= 11 is 0. The topological polar surface area (TPSA) is 67.0 Å². The number of carbonyl (C=O) groups is 1. The lowest BCUT2D eigenvalue weighted by molar-refractivity contribution is -0.121. The number of aromatic amines is 1. The fraction of sp³-hybridized carbons (Fsp3) is 0.667. The molecule has 94 valence electrons. The Bertz CT molecular complexity index is 381. The van der Waals surface area contributed by atoms with Gasteiger partial charge in [0.15, 0.2) is 0 Å². The van der Waals surface area contributed by atoms with Gasteiger partial charge >= 0.3 is 0 Å². The van der Waals surface area contributed by atoms with Crippen molar-refractivity contribution in [2.75, 3.05) is 12.4 Å². The molecule has 1 aromatic heterocycles. The SMILES string of the molecule is COC1CCC(C(=O)Nc2cn[nH]c2C)CC1. The zero-order valence-electron chi connectivity index (χ0n) is 10.3. The molecule has 0 aromatic carbocycles. The Balaban J connectivity index is 1.87. The number of amides is 1. The average Bonchev–Trinajstić information content (AvgIpc) is 2.75. The monoisotopic (exact) mass is 237 g/mol. The molecule has 5 nitrogen and oxygen atoms in total. The van der Waals surface area contributed by atoms with Crippen LogP contribution in [0.5, 0.6) is 0 Å². The van der Waals surface area contributed by atoms with E-state index in [0.717, 1.165) is 37.1 Å². The summed E-state index contributed by atoms with van der Waals surface area (Å²) in [6, 6.07) is 0. The fourth-order valence-electron chi connectivity index (χ4n) is 2.27. The van der Waals surface area contributed by atoms with Gasteiger partial charge in [0.05, 0.1) is 23.7 Å². The summed E-state index contributed by atoms with van der Waals surface area (Å²) in [5, 5.41) is 9.61. The summed E-state index contributed by atoms with van der Waals surface area (Å²) in [6.07, 6.45) is 5.73. The van der Waals surface area contributed by atoms with Gasteiger partial charge in [-0.3, -0.25) is 9.89 Å². The summed E-state index contributed by atoms with van der Waals surface area (Å²) in [5.74, 6) is 0.208. The van der Waals surface area contributed by atoms with Gasteiger partial charge in [0.25, 0.3) is 0 Å². The first kappa shape index (κ1) is 12.1. The number of ether oxygens (including phenoxy) is 1. The Hall–Kier alpha value is -1.36. The Kier molecular flexibility index (Phi) is 3.78. The van der Waals surface area contributed by atoms with E-state index in [2.05, 4.69) is 15.5 Å². The molecule has 0 atom stereocenters. The number of hydrogen-bond donors (Lipinski definition) is 2. The molecule has 1 saturated carbocycles. The van der Waals surface area contributed by atoms with E-state index >= 15 is 0 Å². The van der Waals surface area contributed by atoms with E-state index in [1.54, 1.807) is 13.3 Å². The van der Waals surface area contributed by atoms with Crippen molar-refractivity contribution in [2.45, 2.75) is 38.7 Å². The maximum atomic E-state index is 12.0. The lowest BCUT2D eigenvalue weighted by Gasteiger charge is -2.26. The van der Waals surface area contributed by atoms with Gasteiger partial charge in [-0.2, -0.15) is 5.10 Å². The molecular formula is C12H19N3O2. The second-order valence-corrected chi connectivity index (χ2v) is 4.61. The Labute approximate surface area is 101 Å². The molecule has 0 saturated heterocycles. The van der Waals surface area contributed by atoms with Crippen LogP contribution in [-0.2, 0) is 9.53 Å². The number of nitrogens with zero attached hydrogens (tertiary/aromatic N) is 1. The van der Waals surface area contributed by atoms with Gasteiger partial charge in [-0.05, 0) is 32.6 Å².